The number of hydrogen-bond acceptors (Lipinski definition) is 6. The van der Waals surface area contributed by atoms with E-state index in [0.717, 1.165) is 0 Å². The molecule has 0 aromatic heterocycles. The molecule has 3 rings (SSSR count). The quantitative estimate of drug-likeness (QED) is 0.823. The van der Waals surface area contributed by atoms with E-state index in [1.807, 2.05) is 0 Å². The molecule has 6 nitrogen and oxygen atoms in total. The highest BCUT2D eigenvalue weighted by atomic mass is 19.1. The lowest BCUT2D eigenvalue weighted by Crippen LogP contribution is -2.37. The fourth-order valence-corrected chi connectivity index (χ4v) is 2.56. The van der Waals surface area contributed by atoms with Crippen molar-refractivity contribution in [1.29, 1.82) is 0 Å². The highest BCUT2D eigenvalue weighted by Crippen LogP contribution is 2.26. The average molecular weight is 360 g/mol. The van der Waals surface area contributed by atoms with E-state index in [0.29, 0.717) is 5.56 Å². The van der Waals surface area contributed by atoms with Crippen LogP contribution < -0.4 is 0 Å². The predicted octanol–water partition coefficient (Wildman–Crippen LogP) is 2.12. The van der Waals surface area contributed by atoms with Gasteiger partial charge in [-0.1, -0.05) is 36.4 Å². The molecule has 2 aromatic carbocycles. The molecular weight excluding hydrogens is 343 g/mol. The molecule has 1 aliphatic heterocycles. The number of benzene rings is 2. The summed E-state index contributed by atoms with van der Waals surface area (Å²) in [5.74, 6) is -1.38. The van der Waals surface area contributed by atoms with Crippen LogP contribution in [0, 0.1) is 0 Å². The summed E-state index contributed by atoms with van der Waals surface area (Å²) in [6.45, 7) is -0.363. The molecule has 0 amide bonds. The minimum atomic E-state index is -1.94. The number of carbonyl (C=O) groups is 2. The highest BCUT2D eigenvalue weighted by Gasteiger charge is 2.47. The van der Waals surface area contributed by atoms with Gasteiger partial charge in [0.2, 0.25) is 0 Å². The second kappa shape index (κ2) is 8.07. The van der Waals surface area contributed by atoms with Crippen molar-refractivity contribution in [2.24, 2.45) is 0 Å². The summed E-state index contributed by atoms with van der Waals surface area (Å²) < 4.78 is 29.4. The van der Waals surface area contributed by atoms with Crippen LogP contribution in [0.1, 0.15) is 20.7 Å². The van der Waals surface area contributed by atoms with Crippen molar-refractivity contribution in [3.05, 3.63) is 71.8 Å². The van der Waals surface area contributed by atoms with Gasteiger partial charge in [0.1, 0.15) is 12.7 Å². The maximum absolute atomic E-state index is 14.2. The Balaban J connectivity index is 1.63. The van der Waals surface area contributed by atoms with E-state index < -0.39 is 36.6 Å². The molecule has 136 valence electrons. The normalized spacial score (nSPS) is 24.8. The van der Waals surface area contributed by atoms with Gasteiger partial charge < -0.3 is 19.3 Å². The molecule has 0 spiro atoms. The minimum absolute atomic E-state index is 0.237. The molecule has 1 fully saturated rings. The van der Waals surface area contributed by atoms with Crippen LogP contribution in [0.2, 0.25) is 0 Å². The predicted molar refractivity (Wildman–Crippen MR) is 88.1 cm³/mol. The summed E-state index contributed by atoms with van der Waals surface area (Å²) in [4.78, 5) is 24.1. The lowest BCUT2D eigenvalue weighted by Gasteiger charge is -2.19. The number of aliphatic hydroxyl groups excluding tert-OH is 1. The number of aliphatic hydroxyl groups is 1. The number of carbonyl (C=O) groups excluding carboxylic acids is 2. The molecule has 0 aliphatic carbocycles. The zero-order valence-corrected chi connectivity index (χ0v) is 13.7. The third-order valence-corrected chi connectivity index (χ3v) is 3.91. The number of hydrogen-bond donors (Lipinski definition) is 1. The Morgan fingerprint density at radius 1 is 0.962 bits per heavy atom. The summed E-state index contributed by atoms with van der Waals surface area (Å²) >= 11 is 0. The standard InChI is InChI=1S/C19H17FO6/c20-15-16(26-18(22)13-9-5-2-6-10-13)14(25-19(15)23)11-24-17(21)12-7-3-1-4-8-12/h1-10,14-16,19,23H,11H2/t14-,15+,16+,19-/m0/s1. The van der Waals surface area contributed by atoms with Crippen LogP contribution in [0.5, 0.6) is 0 Å². The van der Waals surface area contributed by atoms with E-state index in [-0.39, 0.29) is 12.2 Å². The minimum Gasteiger partial charge on any atom is -0.459 e. The summed E-state index contributed by atoms with van der Waals surface area (Å²) in [5, 5.41) is 9.58. The molecule has 26 heavy (non-hydrogen) atoms. The third-order valence-electron chi connectivity index (χ3n) is 3.91. The van der Waals surface area contributed by atoms with Gasteiger partial charge in [-0.3, -0.25) is 0 Å². The van der Waals surface area contributed by atoms with Gasteiger partial charge in [0.25, 0.3) is 0 Å². The number of ether oxygens (including phenoxy) is 3. The van der Waals surface area contributed by atoms with Crippen molar-refractivity contribution < 1.29 is 33.3 Å². The first kappa shape index (κ1) is 18.0. The molecule has 4 atom stereocenters. The van der Waals surface area contributed by atoms with Crippen LogP contribution in [0.25, 0.3) is 0 Å². The van der Waals surface area contributed by atoms with Crippen molar-refractivity contribution in [3.63, 3.8) is 0 Å². The summed E-state index contributed by atoms with van der Waals surface area (Å²) in [6.07, 6.45) is -6.20. The fraction of sp³-hybridized carbons (Fsp3) is 0.263. The molecule has 0 bridgehead atoms. The lowest BCUT2D eigenvalue weighted by atomic mass is 10.1. The van der Waals surface area contributed by atoms with Gasteiger partial charge in [-0.15, -0.1) is 0 Å². The first-order valence-electron chi connectivity index (χ1n) is 8.02. The van der Waals surface area contributed by atoms with Gasteiger partial charge in [0, 0.05) is 0 Å². The maximum Gasteiger partial charge on any atom is 0.338 e. The van der Waals surface area contributed by atoms with E-state index in [2.05, 4.69) is 0 Å². The first-order chi connectivity index (χ1) is 12.6. The van der Waals surface area contributed by atoms with Crippen LogP contribution >= 0.6 is 0 Å². The summed E-state index contributed by atoms with van der Waals surface area (Å²) in [5.41, 5.74) is 0.557. The van der Waals surface area contributed by atoms with Crippen molar-refractivity contribution in [1.82, 2.24) is 0 Å². The topological polar surface area (TPSA) is 82.1 Å². The molecule has 7 heteroatoms. The SMILES string of the molecule is O=C(OC[C@@H]1O[C@H](O)[C@H](F)[C@@H]1OC(=O)c1ccccc1)c1ccccc1. The summed E-state index contributed by atoms with van der Waals surface area (Å²) in [6, 6.07) is 16.3. The lowest BCUT2D eigenvalue weighted by molar-refractivity contribution is -0.122. The Bertz CT molecular complexity index is 751. The largest absolute Gasteiger partial charge is 0.459 e. The van der Waals surface area contributed by atoms with Crippen molar-refractivity contribution >= 4 is 11.9 Å². The maximum atomic E-state index is 14.2. The van der Waals surface area contributed by atoms with Gasteiger partial charge >= 0.3 is 11.9 Å². The van der Waals surface area contributed by atoms with E-state index in [9.17, 15) is 19.1 Å². The van der Waals surface area contributed by atoms with E-state index >= 15 is 0 Å². The number of esters is 2. The summed E-state index contributed by atoms with van der Waals surface area (Å²) in [7, 11) is 0. The number of rotatable bonds is 5. The second-order valence-corrected chi connectivity index (χ2v) is 5.71. The van der Waals surface area contributed by atoms with E-state index in [4.69, 9.17) is 14.2 Å². The molecule has 2 aromatic rings. The van der Waals surface area contributed by atoms with Crippen LogP contribution in [0.4, 0.5) is 4.39 Å². The van der Waals surface area contributed by atoms with E-state index in [1.54, 1.807) is 48.5 Å². The second-order valence-electron chi connectivity index (χ2n) is 5.71. The zero-order chi connectivity index (χ0) is 18.5. The average Bonchev–Trinajstić information content (AvgIpc) is 2.95. The number of alkyl halides is 1. The van der Waals surface area contributed by atoms with Crippen molar-refractivity contribution in [2.45, 2.75) is 24.7 Å². The smallest absolute Gasteiger partial charge is 0.338 e. The molecule has 0 unspecified atom stereocenters. The molecule has 1 aliphatic rings. The van der Waals surface area contributed by atoms with Crippen molar-refractivity contribution in [2.75, 3.05) is 6.61 Å². The van der Waals surface area contributed by atoms with Gasteiger partial charge in [-0.25, -0.2) is 14.0 Å². The molecular formula is C19H17FO6. The Labute approximate surface area is 149 Å². The molecule has 0 radical (unpaired) electrons. The Morgan fingerprint density at radius 2 is 1.50 bits per heavy atom. The third kappa shape index (κ3) is 4.07. The molecule has 1 heterocycles. The van der Waals surface area contributed by atoms with Gasteiger partial charge in [0.05, 0.1) is 11.1 Å². The monoisotopic (exact) mass is 360 g/mol. The highest BCUT2D eigenvalue weighted by molar-refractivity contribution is 5.90. The molecule has 1 saturated heterocycles. The van der Waals surface area contributed by atoms with Crippen LogP contribution in [-0.2, 0) is 14.2 Å². The van der Waals surface area contributed by atoms with E-state index in [1.165, 1.54) is 12.1 Å². The zero-order valence-electron chi connectivity index (χ0n) is 13.7. The Kier molecular flexibility index (Phi) is 5.60. The van der Waals surface area contributed by atoms with Crippen LogP contribution in [0.15, 0.2) is 60.7 Å². The first-order valence-corrected chi connectivity index (χ1v) is 8.02. The van der Waals surface area contributed by atoms with Gasteiger partial charge in [0.15, 0.2) is 18.6 Å². The van der Waals surface area contributed by atoms with Crippen molar-refractivity contribution in [3.8, 4) is 0 Å². The van der Waals surface area contributed by atoms with Crippen LogP contribution in [0.3, 0.4) is 0 Å². The number of halogens is 1. The Hall–Kier alpha value is -2.77. The van der Waals surface area contributed by atoms with Gasteiger partial charge in [-0.05, 0) is 24.3 Å². The Morgan fingerprint density at radius 3 is 2.08 bits per heavy atom. The molecule has 0 saturated carbocycles. The van der Waals surface area contributed by atoms with Gasteiger partial charge in [-0.2, -0.15) is 0 Å². The fourth-order valence-electron chi connectivity index (χ4n) is 2.56. The molecule has 1 N–H and O–H groups in total. The van der Waals surface area contributed by atoms with Crippen LogP contribution in [-0.4, -0.2) is 48.3 Å².